The highest BCUT2D eigenvalue weighted by Gasteiger charge is 2.32. The lowest BCUT2D eigenvalue weighted by Crippen LogP contribution is -2.36. The fraction of sp³-hybridized carbons (Fsp3) is 0.150. The van der Waals surface area contributed by atoms with E-state index in [1.165, 1.54) is 7.05 Å². The minimum atomic E-state index is -3.97. The van der Waals surface area contributed by atoms with E-state index in [4.69, 9.17) is 15.2 Å². The van der Waals surface area contributed by atoms with Crippen molar-refractivity contribution in [3.8, 4) is 34.0 Å². The van der Waals surface area contributed by atoms with E-state index in [2.05, 4.69) is 14.4 Å². The highest BCUT2D eigenvalue weighted by atomic mass is 32.2. The van der Waals surface area contributed by atoms with E-state index in [0.717, 1.165) is 9.87 Å². The molecule has 154 valence electrons. The molecule has 1 aliphatic rings. The average Bonchev–Trinajstić information content (AvgIpc) is 2.76. The number of hydrogen-bond donors (Lipinski definition) is 1. The molecule has 0 bridgehead atoms. The molecule has 0 aliphatic carbocycles. The maximum Gasteiger partial charge on any atom is 0.347 e. The van der Waals surface area contributed by atoms with Crippen molar-refractivity contribution in [2.24, 2.45) is 10.1 Å². The van der Waals surface area contributed by atoms with Crippen LogP contribution in [0.5, 0.6) is 11.5 Å². The predicted octanol–water partition coefficient (Wildman–Crippen LogP) is 2.23. The minimum Gasteiger partial charge on any atom is -0.497 e. The zero-order valence-corrected chi connectivity index (χ0v) is 17.3. The molecule has 0 fully saturated rings. The number of nitrogens with zero attached hydrogens (tertiary/aromatic N) is 4. The van der Waals surface area contributed by atoms with Gasteiger partial charge >= 0.3 is 10.2 Å². The van der Waals surface area contributed by atoms with Gasteiger partial charge in [0, 0.05) is 18.2 Å². The molecule has 0 saturated carbocycles. The molecule has 2 aromatic carbocycles. The van der Waals surface area contributed by atoms with Crippen molar-refractivity contribution in [2.45, 2.75) is 0 Å². The van der Waals surface area contributed by atoms with Gasteiger partial charge in [-0.2, -0.15) is 8.42 Å². The van der Waals surface area contributed by atoms with Crippen LogP contribution in [-0.4, -0.2) is 45.5 Å². The quantitative estimate of drug-likeness (QED) is 0.680. The number of aromatic nitrogens is 2. The summed E-state index contributed by atoms with van der Waals surface area (Å²) in [6.07, 6.45) is 0. The number of methoxy groups -OCH3 is 2. The number of hydrogen-bond acceptors (Lipinski definition) is 7. The van der Waals surface area contributed by atoms with Crippen molar-refractivity contribution in [3.63, 3.8) is 0 Å². The minimum absolute atomic E-state index is 0.104. The van der Waals surface area contributed by atoms with Crippen LogP contribution in [-0.2, 0) is 10.2 Å². The standard InChI is InChI=1S/C20H19N5O4S/c1-25-20-18(19(21)24-30(25,26)27)22-16(12-6-4-8-14(10-12)28-2)17(23-20)13-7-5-9-15(11-13)29-3/h4-11H,1-3H3,(H2,21,24). The number of benzene rings is 2. The Balaban J connectivity index is 2.04. The van der Waals surface area contributed by atoms with E-state index in [1.807, 2.05) is 42.5 Å². The third-order valence-electron chi connectivity index (χ3n) is 4.66. The monoisotopic (exact) mass is 425 g/mol. The molecule has 0 spiro atoms. The van der Waals surface area contributed by atoms with Gasteiger partial charge in [0.25, 0.3) is 0 Å². The van der Waals surface area contributed by atoms with Crippen LogP contribution in [0.25, 0.3) is 22.5 Å². The van der Waals surface area contributed by atoms with Crippen molar-refractivity contribution in [2.75, 3.05) is 25.6 Å². The molecule has 0 radical (unpaired) electrons. The molecule has 3 aromatic rings. The topological polar surface area (TPSA) is 120 Å². The summed E-state index contributed by atoms with van der Waals surface area (Å²) in [5, 5.41) is 0. The van der Waals surface area contributed by atoms with Gasteiger partial charge in [0.1, 0.15) is 11.5 Å². The number of fused-ring (bicyclic) bond motifs is 1. The van der Waals surface area contributed by atoms with Gasteiger partial charge in [-0.3, -0.25) is 0 Å². The molecule has 4 rings (SSSR count). The lowest BCUT2D eigenvalue weighted by molar-refractivity contribution is 0.415. The van der Waals surface area contributed by atoms with Gasteiger partial charge in [-0.15, -0.1) is 4.40 Å². The fourth-order valence-electron chi connectivity index (χ4n) is 3.10. The molecule has 0 saturated heterocycles. The third-order valence-corrected chi connectivity index (χ3v) is 5.96. The summed E-state index contributed by atoms with van der Waals surface area (Å²) in [6, 6.07) is 14.6. The Bertz CT molecular complexity index is 1270. The fourth-order valence-corrected chi connectivity index (χ4v) is 3.90. The largest absolute Gasteiger partial charge is 0.497 e. The molecule has 0 unspecified atom stereocenters. The number of nitrogens with two attached hydrogens (primary N) is 1. The van der Waals surface area contributed by atoms with E-state index in [-0.39, 0.29) is 17.3 Å². The van der Waals surface area contributed by atoms with Crippen molar-refractivity contribution in [3.05, 3.63) is 54.2 Å². The van der Waals surface area contributed by atoms with Crippen molar-refractivity contribution in [1.82, 2.24) is 9.97 Å². The van der Waals surface area contributed by atoms with Crippen LogP contribution in [0.3, 0.4) is 0 Å². The van der Waals surface area contributed by atoms with Crippen molar-refractivity contribution >= 4 is 21.9 Å². The van der Waals surface area contributed by atoms with Gasteiger partial charge in [-0.25, -0.2) is 14.3 Å². The van der Waals surface area contributed by atoms with E-state index in [9.17, 15) is 8.42 Å². The van der Waals surface area contributed by atoms with Crippen LogP contribution < -0.4 is 19.5 Å². The van der Waals surface area contributed by atoms with Gasteiger partial charge in [-0.05, 0) is 24.3 Å². The first-order valence-corrected chi connectivity index (χ1v) is 10.3. The SMILES string of the molecule is COc1cccc(-c2nc3c(nc2-c2cccc(OC)c2)N(C)S(=O)(=O)N=C3N)c1. The van der Waals surface area contributed by atoms with Crippen LogP contribution in [0.2, 0.25) is 0 Å². The molecule has 1 aliphatic heterocycles. The Morgan fingerprint density at radius 2 is 1.40 bits per heavy atom. The number of amidine groups is 1. The molecular weight excluding hydrogens is 406 g/mol. The molecule has 0 atom stereocenters. The summed E-state index contributed by atoms with van der Waals surface area (Å²) < 4.78 is 39.8. The first-order valence-electron chi connectivity index (χ1n) is 8.89. The van der Waals surface area contributed by atoms with Crippen LogP contribution >= 0.6 is 0 Å². The Morgan fingerprint density at radius 3 is 1.93 bits per heavy atom. The molecule has 10 heteroatoms. The van der Waals surface area contributed by atoms with Gasteiger partial charge < -0.3 is 15.2 Å². The van der Waals surface area contributed by atoms with E-state index in [1.54, 1.807) is 20.3 Å². The normalized spacial score (nSPS) is 14.6. The van der Waals surface area contributed by atoms with Gasteiger partial charge in [0.05, 0.1) is 25.6 Å². The van der Waals surface area contributed by atoms with Gasteiger partial charge in [0.2, 0.25) is 0 Å². The first kappa shape index (κ1) is 19.6. The highest BCUT2D eigenvalue weighted by Crippen LogP contribution is 2.36. The van der Waals surface area contributed by atoms with Crippen LogP contribution in [0, 0.1) is 0 Å². The summed E-state index contributed by atoms with van der Waals surface area (Å²) in [4.78, 5) is 9.31. The molecule has 30 heavy (non-hydrogen) atoms. The van der Waals surface area contributed by atoms with E-state index >= 15 is 0 Å². The molecule has 1 aromatic heterocycles. The van der Waals surface area contributed by atoms with Crippen LogP contribution in [0.4, 0.5) is 5.82 Å². The number of rotatable bonds is 4. The smallest absolute Gasteiger partial charge is 0.347 e. The Labute approximate surface area is 174 Å². The van der Waals surface area contributed by atoms with Gasteiger partial charge in [-0.1, -0.05) is 24.3 Å². The molecular formula is C20H19N5O4S. The second-order valence-electron chi connectivity index (χ2n) is 6.48. The third kappa shape index (κ3) is 3.30. The summed E-state index contributed by atoms with van der Waals surface area (Å²) in [6.45, 7) is 0. The molecule has 2 heterocycles. The highest BCUT2D eigenvalue weighted by molar-refractivity contribution is 7.91. The van der Waals surface area contributed by atoms with Crippen molar-refractivity contribution < 1.29 is 17.9 Å². The summed E-state index contributed by atoms with van der Waals surface area (Å²) >= 11 is 0. The Hall–Kier alpha value is -3.66. The number of ether oxygens (including phenoxy) is 2. The van der Waals surface area contributed by atoms with Crippen LogP contribution in [0.15, 0.2) is 52.9 Å². The summed E-state index contributed by atoms with van der Waals surface area (Å²) in [5.74, 6) is 1.17. The Morgan fingerprint density at radius 1 is 0.867 bits per heavy atom. The zero-order valence-electron chi connectivity index (χ0n) is 16.5. The molecule has 2 N–H and O–H groups in total. The molecule has 0 amide bonds. The number of anilines is 1. The zero-order chi connectivity index (χ0) is 21.5. The average molecular weight is 425 g/mol. The van der Waals surface area contributed by atoms with Gasteiger partial charge in [0.15, 0.2) is 17.3 Å². The van der Waals surface area contributed by atoms with E-state index < -0.39 is 10.2 Å². The maximum absolute atomic E-state index is 12.3. The first-order chi connectivity index (χ1) is 14.3. The second-order valence-corrected chi connectivity index (χ2v) is 8.10. The Kier molecular flexibility index (Phi) is 4.78. The van der Waals surface area contributed by atoms with E-state index in [0.29, 0.717) is 28.5 Å². The maximum atomic E-state index is 12.3. The second kappa shape index (κ2) is 7.30. The summed E-state index contributed by atoms with van der Waals surface area (Å²) in [5.41, 5.74) is 8.52. The predicted molar refractivity (Wildman–Crippen MR) is 114 cm³/mol. The van der Waals surface area contributed by atoms with Crippen LogP contribution in [0.1, 0.15) is 5.69 Å². The van der Waals surface area contributed by atoms with Crippen molar-refractivity contribution in [1.29, 1.82) is 0 Å². The molecule has 9 nitrogen and oxygen atoms in total. The summed E-state index contributed by atoms with van der Waals surface area (Å²) in [7, 11) is 0.528. The lowest BCUT2D eigenvalue weighted by Gasteiger charge is -2.24. The lowest BCUT2D eigenvalue weighted by atomic mass is 10.0.